The fraction of sp³-hybridized carbons (Fsp3) is 0.750. The van der Waals surface area contributed by atoms with Gasteiger partial charge in [-0.1, -0.05) is 27.7 Å². The highest BCUT2D eigenvalue weighted by atomic mass is 16.2. The fourth-order valence-corrected chi connectivity index (χ4v) is 2.88. The highest BCUT2D eigenvalue weighted by Gasteiger charge is 2.35. The molecule has 1 atom stereocenters. The van der Waals surface area contributed by atoms with Crippen LogP contribution in [-0.4, -0.2) is 46.4 Å². The molecule has 1 amide bonds. The van der Waals surface area contributed by atoms with Crippen molar-refractivity contribution in [2.45, 2.75) is 53.5 Å². The lowest BCUT2D eigenvalue weighted by molar-refractivity contribution is 0.0765. The van der Waals surface area contributed by atoms with Crippen LogP contribution in [0.5, 0.6) is 0 Å². The van der Waals surface area contributed by atoms with E-state index in [-0.39, 0.29) is 6.03 Å². The Morgan fingerprint density at radius 3 is 2.29 bits per heavy atom. The Morgan fingerprint density at radius 2 is 1.86 bits per heavy atom. The first-order valence-corrected chi connectivity index (χ1v) is 8.27. The second-order valence-electron chi connectivity index (χ2n) is 5.16. The van der Waals surface area contributed by atoms with Crippen molar-refractivity contribution >= 4 is 6.03 Å². The van der Waals surface area contributed by atoms with Crippen molar-refractivity contribution in [2.24, 2.45) is 5.92 Å². The Bertz CT molecular complexity index is 422. The van der Waals surface area contributed by atoms with Crippen molar-refractivity contribution in [1.82, 2.24) is 20.0 Å². The predicted octanol–water partition coefficient (Wildman–Crippen LogP) is 2.90. The Hall–Kier alpha value is -1.36. The summed E-state index contributed by atoms with van der Waals surface area (Å²) in [6.07, 6.45) is 5.89. The summed E-state index contributed by atoms with van der Waals surface area (Å²) in [7, 11) is 0. The Kier molecular flexibility index (Phi) is 7.43. The first-order chi connectivity index (χ1) is 10.2. The summed E-state index contributed by atoms with van der Waals surface area (Å²) in [5, 5.41) is 7.13. The number of fused-ring (bicyclic) bond motifs is 3. The SMILES string of the molecule is CC.CC.Cc1cnn(C(=O)NC2CN3CCC2CC3)c1. The number of hydrogen-bond donors (Lipinski definition) is 1. The van der Waals surface area contributed by atoms with Gasteiger partial charge in [0.2, 0.25) is 0 Å². The van der Waals surface area contributed by atoms with E-state index in [4.69, 9.17) is 0 Å². The summed E-state index contributed by atoms with van der Waals surface area (Å²) < 4.78 is 1.40. The maximum atomic E-state index is 12.0. The van der Waals surface area contributed by atoms with E-state index in [0.717, 1.165) is 12.1 Å². The minimum absolute atomic E-state index is 0.100. The molecule has 1 aromatic rings. The highest BCUT2D eigenvalue weighted by molar-refractivity contribution is 5.76. The standard InChI is InChI=1S/C12H18N4O.2C2H6/c1-9-6-13-16(7-9)12(17)14-11-8-15-4-2-10(11)3-5-15;2*1-2/h6-7,10-11H,2-5,8H2,1H3,(H,14,17);2*1-2H3. The molecule has 4 heterocycles. The zero-order chi connectivity index (χ0) is 15.8. The largest absolute Gasteiger partial charge is 0.342 e. The minimum atomic E-state index is -0.100. The molecule has 3 aliphatic heterocycles. The van der Waals surface area contributed by atoms with Crippen molar-refractivity contribution in [3.05, 3.63) is 18.0 Å². The number of amides is 1. The average molecular weight is 294 g/mol. The van der Waals surface area contributed by atoms with E-state index < -0.39 is 0 Å². The molecule has 0 spiro atoms. The quantitative estimate of drug-likeness (QED) is 0.866. The monoisotopic (exact) mass is 294 g/mol. The summed E-state index contributed by atoms with van der Waals surface area (Å²) in [5.41, 5.74) is 1.01. The minimum Gasteiger partial charge on any atom is -0.332 e. The lowest BCUT2D eigenvalue weighted by atomic mass is 9.84. The number of aryl methyl sites for hydroxylation is 1. The highest BCUT2D eigenvalue weighted by Crippen LogP contribution is 2.27. The maximum Gasteiger partial charge on any atom is 0.342 e. The molecule has 3 fully saturated rings. The number of carbonyl (C=O) groups is 1. The van der Waals surface area contributed by atoms with Crippen LogP contribution < -0.4 is 5.32 Å². The molecule has 1 aromatic heterocycles. The number of hydrogen-bond acceptors (Lipinski definition) is 3. The number of piperidine rings is 3. The van der Waals surface area contributed by atoms with Crippen LogP contribution in [0.1, 0.15) is 46.1 Å². The Morgan fingerprint density at radius 1 is 1.24 bits per heavy atom. The van der Waals surface area contributed by atoms with Gasteiger partial charge in [-0.05, 0) is 44.3 Å². The molecule has 1 unspecified atom stereocenters. The van der Waals surface area contributed by atoms with E-state index in [1.54, 1.807) is 12.4 Å². The third-order valence-corrected chi connectivity index (χ3v) is 3.88. The fourth-order valence-electron chi connectivity index (χ4n) is 2.88. The molecular weight excluding hydrogens is 264 g/mol. The third-order valence-electron chi connectivity index (χ3n) is 3.88. The molecule has 5 heteroatoms. The van der Waals surface area contributed by atoms with E-state index in [0.29, 0.717) is 12.0 Å². The van der Waals surface area contributed by atoms with E-state index in [1.807, 2.05) is 34.6 Å². The van der Waals surface area contributed by atoms with Crippen molar-refractivity contribution in [3.8, 4) is 0 Å². The van der Waals surface area contributed by atoms with Gasteiger partial charge >= 0.3 is 6.03 Å². The van der Waals surface area contributed by atoms with Crippen LogP contribution in [0.2, 0.25) is 0 Å². The number of aromatic nitrogens is 2. The van der Waals surface area contributed by atoms with Gasteiger partial charge in [0.25, 0.3) is 0 Å². The average Bonchev–Trinajstić information content (AvgIpc) is 2.99. The van der Waals surface area contributed by atoms with Gasteiger partial charge in [-0.3, -0.25) is 0 Å². The predicted molar refractivity (Wildman–Crippen MR) is 86.5 cm³/mol. The van der Waals surface area contributed by atoms with Crippen LogP contribution >= 0.6 is 0 Å². The van der Waals surface area contributed by atoms with Crippen LogP contribution in [0.25, 0.3) is 0 Å². The van der Waals surface area contributed by atoms with Gasteiger partial charge in [-0.25, -0.2) is 4.79 Å². The van der Waals surface area contributed by atoms with E-state index >= 15 is 0 Å². The molecule has 0 aromatic carbocycles. The van der Waals surface area contributed by atoms with E-state index in [1.165, 1.54) is 30.6 Å². The van der Waals surface area contributed by atoms with Crippen LogP contribution in [-0.2, 0) is 0 Å². The summed E-state index contributed by atoms with van der Waals surface area (Å²) in [6.45, 7) is 13.3. The molecular formula is C16H30N4O. The Balaban J connectivity index is 0.000000510. The number of rotatable bonds is 1. The summed E-state index contributed by atoms with van der Waals surface area (Å²) in [5.74, 6) is 0.653. The number of nitrogens with one attached hydrogen (secondary N) is 1. The summed E-state index contributed by atoms with van der Waals surface area (Å²) in [4.78, 5) is 14.4. The molecule has 4 rings (SSSR count). The van der Waals surface area contributed by atoms with Crippen LogP contribution in [0.15, 0.2) is 12.4 Å². The number of nitrogens with zero attached hydrogens (tertiary/aromatic N) is 3. The smallest absolute Gasteiger partial charge is 0.332 e. The van der Waals surface area contributed by atoms with Gasteiger partial charge in [0.05, 0.1) is 6.20 Å². The molecule has 3 aliphatic rings. The topological polar surface area (TPSA) is 50.2 Å². The first kappa shape index (κ1) is 17.7. The second kappa shape index (κ2) is 8.82. The molecule has 5 nitrogen and oxygen atoms in total. The van der Waals surface area contributed by atoms with Crippen molar-refractivity contribution in [3.63, 3.8) is 0 Å². The molecule has 1 N–H and O–H groups in total. The van der Waals surface area contributed by atoms with Crippen molar-refractivity contribution in [1.29, 1.82) is 0 Å². The second-order valence-corrected chi connectivity index (χ2v) is 5.16. The summed E-state index contributed by atoms with van der Waals surface area (Å²) >= 11 is 0. The van der Waals surface area contributed by atoms with Gasteiger partial charge < -0.3 is 10.2 Å². The third kappa shape index (κ3) is 4.56. The molecule has 2 bridgehead atoms. The molecule has 0 saturated carbocycles. The zero-order valence-corrected chi connectivity index (χ0v) is 14.1. The Labute approximate surface area is 128 Å². The summed E-state index contributed by atoms with van der Waals surface area (Å²) in [6, 6.07) is 0.200. The van der Waals surface area contributed by atoms with Gasteiger partial charge in [0, 0.05) is 18.8 Å². The van der Waals surface area contributed by atoms with Crippen molar-refractivity contribution in [2.75, 3.05) is 19.6 Å². The van der Waals surface area contributed by atoms with Gasteiger partial charge in [0.15, 0.2) is 0 Å². The van der Waals surface area contributed by atoms with E-state index in [9.17, 15) is 4.79 Å². The lowest BCUT2D eigenvalue weighted by Crippen LogP contribution is -2.57. The van der Waals surface area contributed by atoms with Crippen LogP contribution in [0.4, 0.5) is 4.79 Å². The molecule has 0 radical (unpaired) electrons. The van der Waals surface area contributed by atoms with Crippen LogP contribution in [0.3, 0.4) is 0 Å². The first-order valence-electron chi connectivity index (χ1n) is 8.27. The molecule has 0 aliphatic carbocycles. The zero-order valence-electron chi connectivity index (χ0n) is 14.1. The lowest BCUT2D eigenvalue weighted by Gasteiger charge is -2.44. The van der Waals surface area contributed by atoms with Gasteiger partial charge in [0.1, 0.15) is 0 Å². The molecule has 120 valence electrons. The molecule has 21 heavy (non-hydrogen) atoms. The maximum absolute atomic E-state index is 12.0. The van der Waals surface area contributed by atoms with E-state index in [2.05, 4.69) is 15.3 Å². The van der Waals surface area contributed by atoms with Crippen molar-refractivity contribution < 1.29 is 4.79 Å². The van der Waals surface area contributed by atoms with Gasteiger partial charge in [-0.2, -0.15) is 9.78 Å². The molecule has 3 saturated heterocycles. The number of carbonyl (C=O) groups excluding carboxylic acids is 1. The normalized spacial score (nSPS) is 26.0. The van der Waals surface area contributed by atoms with Crippen LogP contribution in [0, 0.1) is 12.8 Å². The van der Waals surface area contributed by atoms with Gasteiger partial charge in [-0.15, -0.1) is 0 Å².